The van der Waals surface area contributed by atoms with E-state index >= 15 is 0 Å². The number of ether oxygens (including phenoxy) is 3. The van der Waals surface area contributed by atoms with E-state index in [9.17, 15) is 5.11 Å². The van der Waals surface area contributed by atoms with E-state index in [1.54, 1.807) is 6.07 Å². The highest BCUT2D eigenvalue weighted by atomic mass is 16.5. The summed E-state index contributed by atoms with van der Waals surface area (Å²) in [7, 11) is 0. The highest BCUT2D eigenvalue weighted by Gasteiger charge is 2.19. The molecule has 0 bridgehead atoms. The fraction of sp³-hybridized carbons (Fsp3) is 0.714. The molecule has 1 aromatic rings. The van der Waals surface area contributed by atoms with Crippen molar-refractivity contribution in [1.82, 2.24) is 0 Å². The fourth-order valence-corrected chi connectivity index (χ4v) is 3.32. The van der Waals surface area contributed by atoms with Gasteiger partial charge in [0.15, 0.2) is 0 Å². The molecule has 0 heterocycles. The Labute approximate surface area is 153 Å². The largest absolute Gasteiger partial charge is 0.508 e. The second-order valence-corrected chi connectivity index (χ2v) is 6.61. The molecule has 144 valence electrons. The van der Waals surface area contributed by atoms with Gasteiger partial charge in [-0.05, 0) is 77.1 Å². The molecule has 0 saturated heterocycles. The Morgan fingerprint density at radius 2 is 1.16 bits per heavy atom. The van der Waals surface area contributed by atoms with Crippen LogP contribution in [0.4, 0.5) is 0 Å². The summed E-state index contributed by atoms with van der Waals surface area (Å²) >= 11 is 0. The number of hydrogen-bond donors (Lipinski definition) is 1. The van der Waals surface area contributed by atoms with Crippen LogP contribution in [0, 0.1) is 0 Å². The fourth-order valence-electron chi connectivity index (χ4n) is 3.32. The Balaban J connectivity index is 3.16. The van der Waals surface area contributed by atoms with Crippen molar-refractivity contribution >= 4 is 0 Å². The topological polar surface area (TPSA) is 47.9 Å². The van der Waals surface area contributed by atoms with Gasteiger partial charge in [0.1, 0.15) is 5.75 Å². The first-order chi connectivity index (χ1) is 11.9. The van der Waals surface area contributed by atoms with Crippen molar-refractivity contribution in [2.45, 2.75) is 79.1 Å². The van der Waals surface area contributed by atoms with Crippen molar-refractivity contribution in [1.29, 1.82) is 0 Å². The van der Waals surface area contributed by atoms with E-state index in [1.165, 1.54) is 11.1 Å². The summed E-state index contributed by atoms with van der Waals surface area (Å²) in [5.74, 6) is 0.345. The maximum atomic E-state index is 10.5. The summed E-state index contributed by atoms with van der Waals surface area (Å²) < 4.78 is 17.2. The quantitative estimate of drug-likeness (QED) is 0.609. The molecule has 4 heteroatoms. The molecule has 0 fully saturated rings. The summed E-state index contributed by atoms with van der Waals surface area (Å²) in [6.45, 7) is 14.3. The van der Waals surface area contributed by atoms with Gasteiger partial charge in [0.25, 0.3) is 0 Å². The summed E-state index contributed by atoms with van der Waals surface area (Å²) in [4.78, 5) is 0. The van der Waals surface area contributed by atoms with E-state index in [1.807, 2.05) is 33.8 Å². The number of hydrogen-bond acceptors (Lipinski definition) is 4. The minimum atomic E-state index is 0.0663. The maximum absolute atomic E-state index is 10.5. The summed E-state index contributed by atoms with van der Waals surface area (Å²) in [5.41, 5.74) is 3.39. The van der Waals surface area contributed by atoms with Crippen LogP contribution >= 0.6 is 0 Å². The highest BCUT2D eigenvalue weighted by Crippen LogP contribution is 2.29. The van der Waals surface area contributed by atoms with E-state index in [0.29, 0.717) is 32.0 Å². The zero-order valence-electron chi connectivity index (χ0n) is 16.8. The van der Waals surface area contributed by atoms with Crippen molar-refractivity contribution in [2.24, 2.45) is 0 Å². The van der Waals surface area contributed by atoms with E-state index in [0.717, 1.165) is 18.4 Å². The molecule has 0 spiro atoms. The van der Waals surface area contributed by atoms with Gasteiger partial charge in [-0.25, -0.2) is 0 Å². The molecule has 0 amide bonds. The molecule has 0 aromatic heterocycles. The molecule has 1 rings (SSSR count). The van der Waals surface area contributed by atoms with Gasteiger partial charge in [0.2, 0.25) is 0 Å². The smallest absolute Gasteiger partial charge is 0.119 e. The van der Waals surface area contributed by atoms with Gasteiger partial charge < -0.3 is 19.3 Å². The molecule has 1 N–H and O–H groups in total. The van der Waals surface area contributed by atoms with Crippen molar-refractivity contribution in [3.05, 3.63) is 28.8 Å². The molecule has 3 atom stereocenters. The van der Waals surface area contributed by atoms with Crippen LogP contribution in [-0.2, 0) is 33.5 Å². The maximum Gasteiger partial charge on any atom is 0.119 e. The second kappa shape index (κ2) is 11.5. The van der Waals surface area contributed by atoms with Gasteiger partial charge in [-0.3, -0.25) is 0 Å². The first-order valence-corrected chi connectivity index (χ1v) is 9.60. The third-order valence-electron chi connectivity index (χ3n) is 4.35. The van der Waals surface area contributed by atoms with Crippen LogP contribution in [0.25, 0.3) is 0 Å². The van der Waals surface area contributed by atoms with E-state index in [4.69, 9.17) is 14.2 Å². The van der Waals surface area contributed by atoms with Gasteiger partial charge >= 0.3 is 0 Å². The lowest BCUT2D eigenvalue weighted by Gasteiger charge is -2.23. The Bertz CT molecular complexity index is 501. The molecule has 4 nitrogen and oxygen atoms in total. The van der Waals surface area contributed by atoms with Crippen LogP contribution in [0.2, 0.25) is 0 Å². The number of benzene rings is 1. The first kappa shape index (κ1) is 21.9. The van der Waals surface area contributed by atoms with Crippen LogP contribution < -0.4 is 0 Å². The second-order valence-electron chi connectivity index (χ2n) is 6.61. The Hall–Kier alpha value is -1.10. The van der Waals surface area contributed by atoms with Crippen molar-refractivity contribution in [3.8, 4) is 5.75 Å². The Morgan fingerprint density at radius 1 is 0.720 bits per heavy atom. The molecule has 0 aliphatic carbocycles. The van der Waals surface area contributed by atoms with Crippen LogP contribution in [0.15, 0.2) is 12.1 Å². The predicted molar refractivity (Wildman–Crippen MR) is 102 cm³/mol. The lowest BCUT2D eigenvalue weighted by molar-refractivity contribution is 0.0703. The number of phenols is 1. The molecule has 0 aliphatic heterocycles. The normalized spacial score (nSPS) is 15.1. The Morgan fingerprint density at radius 3 is 1.64 bits per heavy atom. The third kappa shape index (κ3) is 7.35. The molecule has 25 heavy (non-hydrogen) atoms. The summed E-state index contributed by atoms with van der Waals surface area (Å²) in [6.07, 6.45) is 2.63. The molecule has 3 unspecified atom stereocenters. The van der Waals surface area contributed by atoms with Crippen LogP contribution in [0.3, 0.4) is 0 Å². The van der Waals surface area contributed by atoms with Crippen LogP contribution in [-0.4, -0.2) is 43.2 Å². The number of aromatic hydroxyl groups is 1. The van der Waals surface area contributed by atoms with Crippen molar-refractivity contribution in [3.63, 3.8) is 0 Å². The molecule has 0 aliphatic rings. The number of phenolic OH excluding ortho intramolecular Hbond substituents is 1. The SMILES string of the molecule is CCOC(C)Cc1ccc(O)c(CC(C)OCC)c1CC(C)OCC. The third-order valence-corrected chi connectivity index (χ3v) is 4.35. The monoisotopic (exact) mass is 352 g/mol. The van der Waals surface area contributed by atoms with E-state index in [2.05, 4.69) is 13.8 Å². The molecule has 0 saturated carbocycles. The predicted octanol–water partition coefficient (Wildman–Crippen LogP) is 4.29. The molecular weight excluding hydrogens is 316 g/mol. The zero-order chi connectivity index (χ0) is 18.8. The number of rotatable bonds is 12. The average Bonchev–Trinajstić information content (AvgIpc) is 2.54. The molecule has 0 radical (unpaired) electrons. The van der Waals surface area contributed by atoms with Crippen LogP contribution in [0.5, 0.6) is 5.75 Å². The van der Waals surface area contributed by atoms with E-state index in [-0.39, 0.29) is 18.3 Å². The minimum Gasteiger partial charge on any atom is -0.508 e. The average molecular weight is 353 g/mol. The summed E-state index contributed by atoms with van der Waals surface area (Å²) in [6, 6.07) is 3.82. The summed E-state index contributed by atoms with van der Waals surface area (Å²) in [5, 5.41) is 10.5. The van der Waals surface area contributed by atoms with Gasteiger partial charge in [-0.15, -0.1) is 0 Å². The molecule has 1 aromatic carbocycles. The van der Waals surface area contributed by atoms with Crippen molar-refractivity contribution in [2.75, 3.05) is 19.8 Å². The van der Waals surface area contributed by atoms with E-state index < -0.39 is 0 Å². The standard InChI is InChI=1S/C21H36O4/c1-7-23-15(4)12-18-10-11-21(22)20(14-17(6)25-9-3)19(18)13-16(5)24-8-2/h10-11,15-17,22H,7-9,12-14H2,1-6H3. The van der Waals surface area contributed by atoms with Gasteiger partial charge in [-0.2, -0.15) is 0 Å². The highest BCUT2D eigenvalue weighted by molar-refractivity contribution is 5.45. The van der Waals surface area contributed by atoms with Gasteiger partial charge in [0.05, 0.1) is 18.3 Å². The van der Waals surface area contributed by atoms with Gasteiger partial charge in [-0.1, -0.05) is 6.07 Å². The molecular formula is C21H36O4. The van der Waals surface area contributed by atoms with Crippen molar-refractivity contribution < 1.29 is 19.3 Å². The van der Waals surface area contributed by atoms with Crippen LogP contribution in [0.1, 0.15) is 58.2 Å². The van der Waals surface area contributed by atoms with Gasteiger partial charge in [0, 0.05) is 26.2 Å². The minimum absolute atomic E-state index is 0.0663. The first-order valence-electron chi connectivity index (χ1n) is 9.60. The lowest BCUT2D eigenvalue weighted by atomic mass is 9.90. The lowest BCUT2D eigenvalue weighted by Crippen LogP contribution is -2.20. The zero-order valence-corrected chi connectivity index (χ0v) is 16.8. The Kier molecular flexibility index (Phi) is 10.1.